The quantitative estimate of drug-likeness (QED) is 0.550. The fourth-order valence-corrected chi connectivity index (χ4v) is 0. The standard InChI is InChI=1S/C3H6O3.C3H6O/c1-2(4)3(5)6;1-3(2)4/h2,4H,1H3,(H,5,6);1-2H3/t2-;/m1./s1. The lowest BCUT2D eigenvalue weighted by Crippen LogP contribution is -2.13. The molecule has 0 saturated heterocycles. The van der Waals surface area contributed by atoms with Crippen molar-refractivity contribution in [1.29, 1.82) is 0 Å². The summed E-state index contributed by atoms with van der Waals surface area (Å²) in [6.07, 6.45) is -1.23. The highest BCUT2D eigenvalue weighted by Crippen LogP contribution is 1.73. The second kappa shape index (κ2) is 6.22. The van der Waals surface area contributed by atoms with Gasteiger partial charge in [-0.3, -0.25) is 0 Å². The maximum atomic E-state index is 9.45. The van der Waals surface area contributed by atoms with Crippen molar-refractivity contribution in [3.8, 4) is 0 Å². The first kappa shape index (κ1) is 11.8. The zero-order chi connectivity index (χ0) is 8.73. The number of ketones is 1. The number of aliphatic carboxylic acids is 1. The highest BCUT2D eigenvalue weighted by molar-refractivity contribution is 5.72. The molecule has 0 aromatic carbocycles. The van der Waals surface area contributed by atoms with Gasteiger partial charge in [-0.05, 0) is 20.8 Å². The molecule has 0 aliphatic carbocycles. The Bertz CT molecular complexity index is 113. The van der Waals surface area contributed by atoms with Gasteiger partial charge in [0.25, 0.3) is 0 Å². The second-order valence-electron chi connectivity index (χ2n) is 1.92. The molecule has 0 radical (unpaired) electrons. The zero-order valence-corrected chi connectivity index (χ0v) is 6.29. The Morgan fingerprint density at radius 1 is 1.30 bits per heavy atom. The number of carbonyl (C=O) groups excluding carboxylic acids is 1. The average Bonchev–Trinajstić information content (AvgIpc) is 1.63. The summed E-state index contributed by atoms with van der Waals surface area (Å²) >= 11 is 0. The topological polar surface area (TPSA) is 74.6 Å². The summed E-state index contributed by atoms with van der Waals surface area (Å²) in [5.74, 6) is -1.02. The Balaban J connectivity index is 0. The lowest BCUT2D eigenvalue weighted by molar-refractivity contribution is -0.145. The van der Waals surface area contributed by atoms with Gasteiger partial charge in [-0.15, -0.1) is 0 Å². The molecule has 0 unspecified atom stereocenters. The number of carboxylic acid groups (broad SMARTS) is 1. The first-order chi connectivity index (χ1) is 4.37. The molecule has 4 heteroatoms. The van der Waals surface area contributed by atoms with E-state index in [1.807, 2.05) is 0 Å². The van der Waals surface area contributed by atoms with E-state index in [4.69, 9.17) is 10.2 Å². The van der Waals surface area contributed by atoms with Gasteiger partial charge in [0.15, 0.2) is 0 Å². The molecule has 0 aliphatic rings. The fraction of sp³-hybridized carbons (Fsp3) is 0.667. The maximum absolute atomic E-state index is 9.45. The van der Waals surface area contributed by atoms with E-state index in [2.05, 4.69) is 0 Å². The molecule has 0 aromatic rings. The SMILES string of the molecule is CC(C)=O.C[C@@H](O)C(=O)O. The number of Topliss-reactive ketones (excluding diaryl/α,β-unsaturated/α-hetero) is 1. The molecule has 0 fully saturated rings. The van der Waals surface area contributed by atoms with Crippen molar-refractivity contribution in [3.05, 3.63) is 0 Å². The summed E-state index contributed by atoms with van der Waals surface area (Å²) in [5, 5.41) is 15.8. The summed E-state index contributed by atoms with van der Waals surface area (Å²) in [7, 11) is 0. The third kappa shape index (κ3) is 27.5. The summed E-state index contributed by atoms with van der Waals surface area (Å²) in [4.78, 5) is 18.9. The van der Waals surface area contributed by atoms with Gasteiger partial charge in [-0.25, -0.2) is 4.79 Å². The molecule has 0 amide bonds. The summed E-state index contributed by atoms with van der Waals surface area (Å²) < 4.78 is 0. The first-order valence-corrected chi connectivity index (χ1v) is 2.76. The normalized spacial score (nSPS) is 10.8. The van der Waals surface area contributed by atoms with Crippen LogP contribution >= 0.6 is 0 Å². The van der Waals surface area contributed by atoms with Crippen molar-refractivity contribution in [2.45, 2.75) is 26.9 Å². The third-order valence-corrected chi connectivity index (χ3v) is 0.357. The molecule has 60 valence electrons. The molecule has 0 saturated carbocycles. The Labute approximate surface area is 59.5 Å². The van der Waals surface area contributed by atoms with Crippen molar-refractivity contribution in [3.63, 3.8) is 0 Å². The van der Waals surface area contributed by atoms with Crippen LogP contribution in [-0.2, 0) is 9.59 Å². The molecule has 0 heterocycles. The molecule has 0 aliphatic heterocycles. The molecule has 2 N–H and O–H groups in total. The lowest BCUT2D eigenvalue weighted by atomic mass is 10.4. The van der Waals surface area contributed by atoms with Crippen molar-refractivity contribution < 1.29 is 19.8 Å². The summed E-state index contributed by atoms with van der Waals surface area (Å²) in [6, 6.07) is 0. The molecular weight excluding hydrogens is 136 g/mol. The fourth-order valence-electron chi connectivity index (χ4n) is 0. The van der Waals surface area contributed by atoms with Crippen LogP contribution in [-0.4, -0.2) is 28.1 Å². The minimum Gasteiger partial charge on any atom is -0.479 e. The van der Waals surface area contributed by atoms with Crippen molar-refractivity contribution in [2.24, 2.45) is 0 Å². The van der Waals surface area contributed by atoms with Gasteiger partial charge in [0.2, 0.25) is 0 Å². The minimum atomic E-state index is -1.23. The highest BCUT2D eigenvalue weighted by atomic mass is 16.4. The number of carbonyl (C=O) groups is 2. The van der Waals surface area contributed by atoms with Gasteiger partial charge in [0, 0.05) is 0 Å². The average molecular weight is 148 g/mol. The zero-order valence-electron chi connectivity index (χ0n) is 6.29. The Kier molecular flexibility index (Phi) is 7.37. The van der Waals surface area contributed by atoms with Gasteiger partial charge in [0.1, 0.15) is 11.9 Å². The molecule has 10 heavy (non-hydrogen) atoms. The van der Waals surface area contributed by atoms with Crippen LogP contribution < -0.4 is 0 Å². The van der Waals surface area contributed by atoms with Gasteiger partial charge < -0.3 is 15.0 Å². The van der Waals surface area contributed by atoms with Crippen LogP contribution in [0.15, 0.2) is 0 Å². The number of hydrogen-bond acceptors (Lipinski definition) is 3. The van der Waals surface area contributed by atoms with Gasteiger partial charge in [-0.1, -0.05) is 0 Å². The van der Waals surface area contributed by atoms with Crippen LogP contribution in [0.3, 0.4) is 0 Å². The Morgan fingerprint density at radius 2 is 1.40 bits per heavy atom. The largest absolute Gasteiger partial charge is 0.479 e. The third-order valence-electron chi connectivity index (χ3n) is 0.357. The van der Waals surface area contributed by atoms with Crippen LogP contribution in [0, 0.1) is 0 Å². The summed E-state index contributed by atoms with van der Waals surface area (Å²) in [6.45, 7) is 4.25. The van der Waals surface area contributed by atoms with Crippen molar-refractivity contribution in [2.75, 3.05) is 0 Å². The van der Waals surface area contributed by atoms with Crippen molar-refractivity contribution >= 4 is 11.8 Å². The van der Waals surface area contributed by atoms with Crippen LogP contribution in [0.5, 0.6) is 0 Å². The van der Waals surface area contributed by atoms with E-state index in [-0.39, 0.29) is 5.78 Å². The molecule has 0 spiro atoms. The predicted molar refractivity (Wildman–Crippen MR) is 35.7 cm³/mol. The smallest absolute Gasteiger partial charge is 0.332 e. The number of aliphatic hydroxyl groups excluding tert-OH is 1. The van der Waals surface area contributed by atoms with E-state index in [9.17, 15) is 9.59 Å². The van der Waals surface area contributed by atoms with Crippen LogP contribution in [0.25, 0.3) is 0 Å². The number of carboxylic acids is 1. The molecule has 0 aromatic heterocycles. The van der Waals surface area contributed by atoms with Crippen LogP contribution in [0.2, 0.25) is 0 Å². The predicted octanol–water partition coefficient (Wildman–Crippen LogP) is 0.0471. The van der Waals surface area contributed by atoms with Crippen LogP contribution in [0.4, 0.5) is 0 Å². The Morgan fingerprint density at radius 3 is 1.40 bits per heavy atom. The molecule has 1 atom stereocenters. The highest BCUT2D eigenvalue weighted by Gasteiger charge is 2.01. The van der Waals surface area contributed by atoms with E-state index in [1.165, 1.54) is 20.8 Å². The summed E-state index contributed by atoms with van der Waals surface area (Å²) in [5.41, 5.74) is 0. The van der Waals surface area contributed by atoms with E-state index in [0.29, 0.717) is 0 Å². The molecular formula is C6H12O4. The van der Waals surface area contributed by atoms with Crippen LogP contribution in [0.1, 0.15) is 20.8 Å². The molecule has 0 rings (SSSR count). The van der Waals surface area contributed by atoms with Crippen molar-refractivity contribution in [1.82, 2.24) is 0 Å². The Hall–Kier alpha value is -0.900. The van der Waals surface area contributed by atoms with E-state index < -0.39 is 12.1 Å². The number of hydrogen-bond donors (Lipinski definition) is 2. The van der Waals surface area contributed by atoms with Gasteiger partial charge in [0.05, 0.1) is 0 Å². The number of aliphatic hydroxyl groups is 1. The first-order valence-electron chi connectivity index (χ1n) is 2.76. The lowest BCUT2D eigenvalue weighted by Gasteiger charge is -1.89. The van der Waals surface area contributed by atoms with Gasteiger partial charge in [-0.2, -0.15) is 0 Å². The molecule has 0 bridgehead atoms. The number of rotatable bonds is 1. The second-order valence-corrected chi connectivity index (χ2v) is 1.92. The minimum absolute atomic E-state index is 0.167. The van der Waals surface area contributed by atoms with E-state index in [1.54, 1.807) is 0 Å². The van der Waals surface area contributed by atoms with E-state index in [0.717, 1.165) is 0 Å². The monoisotopic (exact) mass is 148 g/mol. The molecule has 4 nitrogen and oxygen atoms in total. The van der Waals surface area contributed by atoms with E-state index >= 15 is 0 Å². The maximum Gasteiger partial charge on any atom is 0.332 e. The van der Waals surface area contributed by atoms with Gasteiger partial charge >= 0.3 is 5.97 Å².